The number of hydrogen-bond donors (Lipinski definition) is 1. The molecule has 2 heterocycles. The topological polar surface area (TPSA) is 85.9 Å². The van der Waals surface area contributed by atoms with Gasteiger partial charge in [0.05, 0.1) is 42.4 Å². The zero-order chi connectivity index (χ0) is 18.0. The zero-order valence-corrected chi connectivity index (χ0v) is 14.8. The fraction of sp³-hybridized carbons (Fsp3) is 0.312. The summed E-state index contributed by atoms with van der Waals surface area (Å²) in [6.45, 7) is 0.506. The fourth-order valence-corrected chi connectivity index (χ4v) is 2.60. The van der Waals surface area contributed by atoms with Crippen molar-refractivity contribution in [2.45, 2.75) is 12.8 Å². The van der Waals surface area contributed by atoms with Crippen molar-refractivity contribution in [2.24, 2.45) is 10.9 Å². The second-order valence-electron chi connectivity index (χ2n) is 5.58. The molecule has 7 nitrogen and oxygen atoms in total. The van der Waals surface area contributed by atoms with Gasteiger partial charge >= 0.3 is 0 Å². The summed E-state index contributed by atoms with van der Waals surface area (Å²) in [4.78, 5) is 20.6. The fourth-order valence-electron chi connectivity index (χ4n) is 2.07. The minimum atomic E-state index is -0.659. The van der Waals surface area contributed by atoms with E-state index in [1.807, 2.05) is 0 Å². The lowest BCUT2D eigenvalue weighted by atomic mass is 10.3. The molecule has 3 rings (SSSR count). The first-order chi connectivity index (χ1) is 12.0. The van der Waals surface area contributed by atoms with E-state index in [1.165, 1.54) is 25.7 Å². The average Bonchev–Trinajstić information content (AvgIpc) is 3.40. The summed E-state index contributed by atoms with van der Waals surface area (Å²) in [7, 11) is 1.50. The summed E-state index contributed by atoms with van der Waals surface area (Å²) in [5.74, 6) is 0.608. The number of carbonyl (C=O) groups excluding carboxylic acids is 1. The second-order valence-corrected chi connectivity index (χ2v) is 6.39. The molecule has 1 N–H and O–H groups in total. The van der Waals surface area contributed by atoms with E-state index in [0.717, 1.165) is 12.8 Å². The number of ether oxygens (including phenoxy) is 2. The molecule has 0 aliphatic heterocycles. The molecule has 2 aromatic heterocycles. The van der Waals surface area contributed by atoms with Crippen molar-refractivity contribution in [3.05, 3.63) is 45.8 Å². The van der Waals surface area contributed by atoms with Crippen LogP contribution in [0.5, 0.6) is 11.5 Å². The van der Waals surface area contributed by atoms with Gasteiger partial charge in [-0.2, -0.15) is 4.73 Å². The number of pyridine rings is 2. The van der Waals surface area contributed by atoms with Crippen LogP contribution < -0.4 is 14.8 Å². The van der Waals surface area contributed by atoms with E-state index >= 15 is 0 Å². The van der Waals surface area contributed by atoms with Gasteiger partial charge in [-0.3, -0.25) is 4.79 Å². The molecule has 1 amide bonds. The van der Waals surface area contributed by atoms with Crippen LogP contribution in [0.15, 0.2) is 29.6 Å². The molecular formula is C16H15Cl2N3O4. The van der Waals surface area contributed by atoms with Gasteiger partial charge in [0.25, 0.3) is 5.91 Å². The van der Waals surface area contributed by atoms with Gasteiger partial charge in [0.15, 0.2) is 11.4 Å². The Morgan fingerprint density at radius 1 is 1.40 bits per heavy atom. The smallest absolute Gasteiger partial charge is 0.300 e. The van der Waals surface area contributed by atoms with Gasteiger partial charge in [0.1, 0.15) is 11.1 Å². The van der Waals surface area contributed by atoms with E-state index in [4.69, 9.17) is 32.7 Å². The van der Waals surface area contributed by atoms with Gasteiger partial charge in [-0.25, -0.2) is 9.98 Å². The third kappa shape index (κ3) is 4.24. The van der Waals surface area contributed by atoms with Crippen LogP contribution in [0.4, 0.5) is 0 Å². The van der Waals surface area contributed by atoms with E-state index in [0.29, 0.717) is 28.8 Å². The molecule has 0 atom stereocenters. The molecule has 1 saturated carbocycles. The van der Waals surface area contributed by atoms with Crippen LogP contribution in [0.25, 0.3) is 0 Å². The van der Waals surface area contributed by atoms with Gasteiger partial charge in [-0.05, 0) is 18.8 Å². The molecular weight excluding hydrogens is 369 g/mol. The number of aromatic nitrogens is 2. The SMILES string of the molecule is COc1cnc(C(=O)N=c2c(Cl)cn(O)cc2Cl)c(OCC2CC2)c1. The minimum Gasteiger partial charge on any atom is -0.495 e. The Morgan fingerprint density at radius 2 is 2.08 bits per heavy atom. The van der Waals surface area contributed by atoms with Crippen LogP contribution in [-0.2, 0) is 0 Å². The molecule has 2 aromatic rings. The standard InChI is InChI=1S/C16H15Cl2N3O4/c1-24-10-4-13(25-8-9-2-3-9)15(19-5-10)16(22)20-14-11(17)6-21(23)7-12(14)18/h4-7,9,23H,2-3,8H2,1H3. The predicted octanol–water partition coefficient (Wildman–Crippen LogP) is 2.97. The maximum atomic E-state index is 12.5. The molecule has 25 heavy (non-hydrogen) atoms. The molecule has 1 fully saturated rings. The Kier molecular flexibility index (Phi) is 5.15. The maximum Gasteiger partial charge on any atom is 0.300 e. The van der Waals surface area contributed by atoms with Gasteiger partial charge in [-0.1, -0.05) is 23.2 Å². The summed E-state index contributed by atoms with van der Waals surface area (Å²) < 4.78 is 11.5. The molecule has 0 aromatic carbocycles. The number of halogens is 2. The summed E-state index contributed by atoms with van der Waals surface area (Å²) >= 11 is 12.0. The lowest BCUT2D eigenvalue weighted by molar-refractivity contribution is 0.0988. The third-order valence-electron chi connectivity index (χ3n) is 3.59. The molecule has 0 spiro atoms. The van der Waals surface area contributed by atoms with Gasteiger partial charge < -0.3 is 14.7 Å². The Labute approximate surface area is 153 Å². The number of hydrogen-bond acceptors (Lipinski definition) is 5. The molecule has 0 radical (unpaired) electrons. The van der Waals surface area contributed by atoms with Crippen LogP contribution in [0.2, 0.25) is 10.0 Å². The molecule has 1 aliphatic carbocycles. The highest BCUT2D eigenvalue weighted by molar-refractivity contribution is 6.34. The minimum absolute atomic E-state index is 0.0253. The normalized spacial score (nSPS) is 13.4. The summed E-state index contributed by atoms with van der Waals surface area (Å²) in [5, 5.41) is 9.47. The Balaban J connectivity index is 1.97. The maximum absolute atomic E-state index is 12.5. The molecule has 0 unspecified atom stereocenters. The predicted molar refractivity (Wildman–Crippen MR) is 90.5 cm³/mol. The first kappa shape index (κ1) is 17.6. The van der Waals surface area contributed by atoms with Crippen molar-refractivity contribution < 1.29 is 19.5 Å². The molecule has 132 valence electrons. The van der Waals surface area contributed by atoms with Crippen LogP contribution in [-0.4, -0.2) is 34.5 Å². The van der Waals surface area contributed by atoms with Crippen molar-refractivity contribution in [1.29, 1.82) is 0 Å². The Bertz CT molecular complexity index is 852. The van der Waals surface area contributed by atoms with Crippen molar-refractivity contribution in [3.8, 4) is 11.5 Å². The van der Waals surface area contributed by atoms with Crippen LogP contribution in [0.1, 0.15) is 23.3 Å². The second kappa shape index (κ2) is 7.33. The van der Waals surface area contributed by atoms with E-state index < -0.39 is 5.91 Å². The molecule has 1 aliphatic rings. The average molecular weight is 384 g/mol. The number of rotatable bonds is 5. The highest BCUT2D eigenvalue weighted by Crippen LogP contribution is 2.31. The Morgan fingerprint density at radius 3 is 2.68 bits per heavy atom. The highest BCUT2D eigenvalue weighted by atomic mass is 35.5. The van der Waals surface area contributed by atoms with Crippen LogP contribution in [0.3, 0.4) is 0 Å². The summed E-state index contributed by atoms with van der Waals surface area (Å²) in [6, 6.07) is 1.59. The quantitative estimate of drug-likeness (QED) is 0.802. The molecule has 0 bridgehead atoms. The molecule has 9 heteroatoms. The number of nitrogens with zero attached hydrogens (tertiary/aromatic N) is 3. The molecule has 0 saturated heterocycles. The lowest BCUT2D eigenvalue weighted by Gasteiger charge is -2.10. The highest BCUT2D eigenvalue weighted by Gasteiger charge is 2.24. The largest absolute Gasteiger partial charge is 0.495 e. The lowest BCUT2D eigenvalue weighted by Crippen LogP contribution is -2.14. The monoisotopic (exact) mass is 383 g/mol. The van der Waals surface area contributed by atoms with E-state index in [9.17, 15) is 10.0 Å². The van der Waals surface area contributed by atoms with Gasteiger partial charge in [0.2, 0.25) is 0 Å². The number of amides is 1. The van der Waals surface area contributed by atoms with Crippen molar-refractivity contribution in [1.82, 2.24) is 9.71 Å². The van der Waals surface area contributed by atoms with Gasteiger partial charge in [-0.15, -0.1) is 0 Å². The number of carbonyl (C=O) groups is 1. The summed E-state index contributed by atoms with van der Waals surface area (Å²) in [6.07, 6.45) is 5.97. The summed E-state index contributed by atoms with van der Waals surface area (Å²) in [5.41, 5.74) is 0.0364. The number of methoxy groups -OCH3 is 1. The van der Waals surface area contributed by atoms with Crippen molar-refractivity contribution in [2.75, 3.05) is 13.7 Å². The van der Waals surface area contributed by atoms with E-state index in [2.05, 4.69) is 9.98 Å². The van der Waals surface area contributed by atoms with Crippen LogP contribution >= 0.6 is 23.2 Å². The third-order valence-corrected chi connectivity index (χ3v) is 4.15. The van der Waals surface area contributed by atoms with Crippen molar-refractivity contribution >= 4 is 29.1 Å². The first-order valence-corrected chi connectivity index (χ1v) is 8.26. The van der Waals surface area contributed by atoms with E-state index in [1.54, 1.807) is 6.07 Å². The van der Waals surface area contributed by atoms with Crippen LogP contribution in [0, 0.1) is 5.92 Å². The van der Waals surface area contributed by atoms with Crippen molar-refractivity contribution in [3.63, 3.8) is 0 Å². The Hall–Kier alpha value is -2.25. The first-order valence-electron chi connectivity index (χ1n) is 7.50. The zero-order valence-electron chi connectivity index (χ0n) is 13.3. The van der Waals surface area contributed by atoms with Gasteiger partial charge in [0, 0.05) is 6.07 Å². The van der Waals surface area contributed by atoms with E-state index in [-0.39, 0.29) is 21.1 Å².